The molecule has 1 aliphatic rings. The molecule has 1 fully saturated rings. The van der Waals surface area contributed by atoms with Crippen LogP contribution in [-0.4, -0.2) is 68.8 Å². The number of carbonyl (C=O) groups excluding carboxylic acids is 1. The zero-order valence-electron chi connectivity index (χ0n) is 23.6. The van der Waals surface area contributed by atoms with Crippen molar-refractivity contribution in [3.63, 3.8) is 0 Å². The Bertz CT molecular complexity index is 1200. The van der Waals surface area contributed by atoms with Gasteiger partial charge in [0.2, 0.25) is 0 Å². The lowest BCUT2D eigenvalue weighted by molar-refractivity contribution is -0.137. The molecular weight excluding hydrogens is 500 g/mol. The van der Waals surface area contributed by atoms with Crippen molar-refractivity contribution >= 4 is 12.0 Å². The van der Waals surface area contributed by atoms with E-state index in [4.69, 9.17) is 14.2 Å². The van der Waals surface area contributed by atoms with Crippen molar-refractivity contribution in [3.8, 4) is 11.5 Å². The highest BCUT2D eigenvalue weighted by Gasteiger charge is 2.26. The van der Waals surface area contributed by atoms with Gasteiger partial charge in [-0.15, -0.1) is 0 Å². The lowest BCUT2D eigenvalue weighted by Gasteiger charge is -2.39. The second-order valence-corrected chi connectivity index (χ2v) is 9.68. The van der Waals surface area contributed by atoms with Crippen molar-refractivity contribution in [2.24, 2.45) is 0 Å². The Kier molecular flexibility index (Phi) is 11.4. The molecule has 0 radical (unpaired) electrons. The summed E-state index contributed by atoms with van der Waals surface area (Å²) in [6, 6.07) is 27.8. The van der Waals surface area contributed by atoms with Crippen molar-refractivity contribution in [3.05, 3.63) is 114 Å². The van der Waals surface area contributed by atoms with Gasteiger partial charge in [0.05, 0.1) is 26.4 Å². The minimum atomic E-state index is -0.348. The number of esters is 1. The van der Waals surface area contributed by atoms with Gasteiger partial charge in [-0.1, -0.05) is 85.0 Å². The van der Waals surface area contributed by atoms with Crippen LogP contribution >= 0.6 is 0 Å². The van der Waals surface area contributed by atoms with E-state index in [1.165, 1.54) is 17.2 Å². The van der Waals surface area contributed by atoms with E-state index in [-0.39, 0.29) is 12.0 Å². The number of hydrogen-bond donors (Lipinski definition) is 0. The molecule has 0 aromatic heterocycles. The van der Waals surface area contributed by atoms with Crippen LogP contribution in [0, 0.1) is 0 Å². The quantitative estimate of drug-likeness (QED) is 0.115. The molecule has 6 heteroatoms. The lowest BCUT2D eigenvalue weighted by atomic mass is 9.96. The highest BCUT2D eigenvalue weighted by molar-refractivity contribution is 5.82. The normalized spacial score (nSPS) is 14.7. The molecule has 6 nitrogen and oxygen atoms in total. The van der Waals surface area contributed by atoms with Crippen molar-refractivity contribution < 1.29 is 19.0 Å². The lowest BCUT2D eigenvalue weighted by Crippen LogP contribution is -2.48. The number of piperazine rings is 1. The zero-order chi connectivity index (χ0) is 28.0. The van der Waals surface area contributed by atoms with Gasteiger partial charge < -0.3 is 19.1 Å². The molecule has 0 bridgehead atoms. The molecule has 210 valence electrons. The molecule has 0 aliphatic carbocycles. The molecule has 40 heavy (non-hydrogen) atoms. The van der Waals surface area contributed by atoms with Gasteiger partial charge in [-0.2, -0.15) is 0 Å². The Morgan fingerprint density at radius 1 is 0.875 bits per heavy atom. The highest BCUT2D eigenvalue weighted by atomic mass is 16.5. The topological polar surface area (TPSA) is 51.2 Å². The van der Waals surface area contributed by atoms with Gasteiger partial charge in [-0.25, -0.2) is 4.79 Å². The number of rotatable bonds is 13. The fourth-order valence-corrected chi connectivity index (χ4v) is 5.00. The van der Waals surface area contributed by atoms with Crippen LogP contribution in [0.15, 0.2) is 97.1 Å². The molecule has 0 spiro atoms. The summed E-state index contributed by atoms with van der Waals surface area (Å²) in [7, 11) is 1.65. The Balaban J connectivity index is 1.23. The molecule has 0 N–H and O–H groups in total. The van der Waals surface area contributed by atoms with E-state index in [1.54, 1.807) is 26.2 Å². The number of benzene rings is 3. The molecule has 3 aromatic carbocycles. The largest absolute Gasteiger partial charge is 0.493 e. The van der Waals surface area contributed by atoms with Gasteiger partial charge in [-0.3, -0.25) is 4.90 Å². The van der Waals surface area contributed by atoms with Gasteiger partial charge in [0.15, 0.2) is 11.5 Å². The highest BCUT2D eigenvalue weighted by Crippen LogP contribution is 2.30. The summed E-state index contributed by atoms with van der Waals surface area (Å²) in [5.74, 6) is 1.08. The van der Waals surface area contributed by atoms with Crippen LogP contribution in [0.5, 0.6) is 11.5 Å². The summed E-state index contributed by atoms with van der Waals surface area (Å²) in [6.07, 6.45) is 7.72. The molecule has 0 amide bonds. The average molecular weight is 541 g/mol. The molecule has 0 atom stereocenters. The van der Waals surface area contributed by atoms with Crippen LogP contribution in [-0.2, 0) is 9.53 Å². The molecule has 0 unspecified atom stereocenters. The van der Waals surface area contributed by atoms with E-state index in [0.717, 1.165) is 50.5 Å². The van der Waals surface area contributed by atoms with Gasteiger partial charge in [0, 0.05) is 38.8 Å². The third kappa shape index (κ3) is 8.57. The van der Waals surface area contributed by atoms with E-state index >= 15 is 0 Å². The summed E-state index contributed by atoms with van der Waals surface area (Å²) in [5.41, 5.74) is 3.65. The van der Waals surface area contributed by atoms with Crippen LogP contribution in [0.3, 0.4) is 0 Å². The molecule has 3 aromatic rings. The van der Waals surface area contributed by atoms with Crippen molar-refractivity contribution in [1.29, 1.82) is 0 Å². The molecule has 1 saturated heterocycles. The standard InChI is InChI=1S/C34H40N2O4/c1-3-39-33(37)18-11-10-13-28-19-20-31(32(27-28)38-2)40-26-12-21-35-22-24-36(25-23-35)34(29-14-6-4-7-15-29)30-16-8-5-9-17-30/h4-11,13-20,27,34H,3,12,21-26H2,1-2H3/b13-10+,18-11+. The van der Waals surface area contributed by atoms with Gasteiger partial charge in [0.1, 0.15) is 0 Å². The van der Waals surface area contributed by atoms with Crippen LogP contribution in [0.2, 0.25) is 0 Å². The Morgan fingerprint density at radius 3 is 2.17 bits per heavy atom. The smallest absolute Gasteiger partial charge is 0.330 e. The Morgan fingerprint density at radius 2 is 1.55 bits per heavy atom. The fourth-order valence-electron chi connectivity index (χ4n) is 5.00. The fraction of sp³-hybridized carbons (Fsp3) is 0.324. The second-order valence-electron chi connectivity index (χ2n) is 9.68. The molecule has 1 aliphatic heterocycles. The summed E-state index contributed by atoms with van der Waals surface area (Å²) >= 11 is 0. The summed E-state index contributed by atoms with van der Waals surface area (Å²) in [6.45, 7) is 7.95. The van der Waals surface area contributed by atoms with Crippen molar-refractivity contribution in [1.82, 2.24) is 9.80 Å². The summed E-state index contributed by atoms with van der Waals surface area (Å²) < 4.78 is 16.5. The number of allylic oxidation sites excluding steroid dienone is 2. The minimum Gasteiger partial charge on any atom is -0.493 e. The number of nitrogens with zero attached hydrogens (tertiary/aromatic N) is 2. The molecular formula is C34H40N2O4. The molecule has 4 rings (SSSR count). The predicted octanol–water partition coefficient (Wildman–Crippen LogP) is 6.00. The maximum Gasteiger partial charge on any atom is 0.330 e. The van der Waals surface area contributed by atoms with Crippen LogP contribution < -0.4 is 9.47 Å². The molecule has 0 saturated carbocycles. The van der Waals surface area contributed by atoms with Gasteiger partial charge >= 0.3 is 5.97 Å². The average Bonchev–Trinajstić information content (AvgIpc) is 3.00. The number of ether oxygens (including phenoxy) is 3. The Labute approximate surface area is 238 Å². The van der Waals surface area contributed by atoms with E-state index < -0.39 is 0 Å². The third-order valence-corrected chi connectivity index (χ3v) is 6.99. The van der Waals surface area contributed by atoms with E-state index in [2.05, 4.69) is 70.5 Å². The van der Waals surface area contributed by atoms with Crippen molar-refractivity contribution in [2.45, 2.75) is 19.4 Å². The summed E-state index contributed by atoms with van der Waals surface area (Å²) in [4.78, 5) is 16.5. The Hall–Kier alpha value is -3.87. The molecule has 1 heterocycles. The minimum absolute atomic E-state index is 0.284. The van der Waals surface area contributed by atoms with E-state index in [1.807, 2.05) is 24.3 Å². The van der Waals surface area contributed by atoms with Crippen LogP contribution in [0.25, 0.3) is 6.08 Å². The van der Waals surface area contributed by atoms with E-state index in [9.17, 15) is 4.79 Å². The first kappa shape index (κ1) is 29.1. The number of methoxy groups -OCH3 is 1. The number of carbonyl (C=O) groups is 1. The van der Waals surface area contributed by atoms with E-state index in [0.29, 0.717) is 19.0 Å². The summed E-state index contributed by atoms with van der Waals surface area (Å²) in [5, 5.41) is 0. The van der Waals surface area contributed by atoms with Crippen LogP contribution in [0.4, 0.5) is 0 Å². The SMILES string of the molecule is CCOC(=O)/C=C/C=C/c1ccc(OCCCN2CCN(C(c3ccccc3)c3ccccc3)CC2)c(OC)c1. The van der Waals surface area contributed by atoms with Gasteiger partial charge in [-0.05, 0) is 42.2 Å². The second kappa shape index (κ2) is 15.7. The van der Waals surface area contributed by atoms with Crippen molar-refractivity contribution in [2.75, 3.05) is 53.0 Å². The maximum absolute atomic E-state index is 11.4. The third-order valence-electron chi connectivity index (χ3n) is 6.99. The predicted molar refractivity (Wildman–Crippen MR) is 161 cm³/mol. The first-order valence-electron chi connectivity index (χ1n) is 14.1. The first-order valence-corrected chi connectivity index (χ1v) is 14.1. The first-order chi connectivity index (χ1) is 19.7. The van der Waals surface area contributed by atoms with Gasteiger partial charge in [0.25, 0.3) is 0 Å². The zero-order valence-corrected chi connectivity index (χ0v) is 23.6. The monoisotopic (exact) mass is 540 g/mol. The number of hydrogen-bond acceptors (Lipinski definition) is 6. The maximum atomic E-state index is 11.4. The van der Waals surface area contributed by atoms with Crippen LogP contribution in [0.1, 0.15) is 36.1 Å².